The van der Waals surface area contributed by atoms with Gasteiger partial charge in [-0.15, -0.1) is 11.3 Å². The van der Waals surface area contributed by atoms with Crippen molar-refractivity contribution >= 4 is 23.1 Å². The van der Waals surface area contributed by atoms with E-state index >= 15 is 0 Å². The monoisotopic (exact) mass is 370 g/mol. The van der Waals surface area contributed by atoms with Gasteiger partial charge in [0.05, 0.1) is 0 Å². The highest BCUT2D eigenvalue weighted by Gasteiger charge is 2.26. The second-order valence-corrected chi connectivity index (χ2v) is 8.07. The van der Waals surface area contributed by atoms with Crippen molar-refractivity contribution < 1.29 is 4.79 Å². The van der Waals surface area contributed by atoms with Crippen LogP contribution in [0.5, 0.6) is 0 Å². The number of anilines is 1. The number of carbonyl (C=O) groups excluding carboxylic acids is 1. The van der Waals surface area contributed by atoms with Gasteiger partial charge < -0.3 is 9.80 Å². The predicted molar refractivity (Wildman–Crippen MR) is 106 cm³/mol. The second kappa shape index (κ2) is 7.76. The number of pyridine rings is 1. The molecule has 0 bridgehead atoms. The molecule has 0 aliphatic carbocycles. The second-order valence-electron chi connectivity index (χ2n) is 7.07. The third-order valence-electron chi connectivity index (χ3n) is 5.62. The predicted octanol–water partition coefficient (Wildman–Crippen LogP) is 2.80. The van der Waals surface area contributed by atoms with Crippen molar-refractivity contribution in [1.29, 1.82) is 0 Å². The van der Waals surface area contributed by atoms with E-state index in [1.165, 1.54) is 10.4 Å². The van der Waals surface area contributed by atoms with Crippen molar-refractivity contribution in [2.75, 3.05) is 44.2 Å². The quantitative estimate of drug-likeness (QED) is 0.830. The van der Waals surface area contributed by atoms with Crippen molar-refractivity contribution in [3.05, 3.63) is 46.3 Å². The number of hydrogen-bond donors (Lipinski definition) is 0. The van der Waals surface area contributed by atoms with Gasteiger partial charge in [0.15, 0.2) is 0 Å². The summed E-state index contributed by atoms with van der Waals surface area (Å²) in [6, 6.07) is 8.66. The maximum absolute atomic E-state index is 12.7. The number of aromatic nitrogens is 1. The first kappa shape index (κ1) is 17.5. The van der Waals surface area contributed by atoms with Gasteiger partial charge in [-0.25, -0.2) is 4.98 Å². The van der Waals surface area contributed by atoms with E-state index in [2.05, 4.69) is 33.2 Å². The van der Waals surface area contributed by atoms with Crippen LogP contribution in [0.25, 0.3) is 0 Å². The number of thiophene rings is 1. The van der Waals surface area contributed by atoms with Crippen LogP contribution in [0.2, 0.25) is 0 Å². The number of hydrogen-bond acceptors (Lipinski definition) is 5. The molecule has 5 nitrogen and oxygen atoms in total. The molecule has 4 rings (SSSR count). The number of rotatable bonds is 4. The van der Waals surface area contributed by atoms with Gasteiger partial charge in [0.1, 0.15) is 5.82 Å². The number of amides is 1. The number of nitrogens with zero attached hydrogens (tertiary/aromatic N) is 4. The lowest BCUT2D eigenvalue weighted by Crippen LogP contribution is -2.49. The largest absolute Gasteiger partial charge is 0.353 e. The van der Waals surface area contributed by atoms with Crippen LogP contribution in [0.4, 0.5) is 5.82 Å². The van der Waals surface area contributed by atoms with Gasteiger partial charge in [0.2, 0.25) is 5.91 Å². The highest BCUT2D eigenvalue weighted by atomic mass is 32.1. The van der Waals surface area contributed by atoms with E-state index in [4.69, 9.17) is 0 Å². The Balaban J connectivity index is 1.26. The van der Waals surface area contributed by atoms with Crippen LogP contribution in [0, 0.1) is 0 Å². The molecule has 2 aliphatic rings. The Labute approximate surface area is 159 Å². The smallest absolute Gasteiger partial charge is 0.223 e. The summed E-state index contributed by atoms with van der Waals surface area (Å²) in [5, 5.41) is 2.19. The molecule has 1 atom stereocenters. The van der Waals surface area contributed by atoms with E-state index in [0.717, 1.165) is 51.5 Å². The summed E-state index contributed by atoms with van der Waals surface area (Å²) in [5.74, 6) is 1.29. The minimum absolute atomic E-state index is 0.286. The first-order chi connectivity index (χ1) is 12.7. The van der Waals surface area contributed by atoms with Gasteiger partial charge in [0, 0.05) is 62.8 Å². The molecule has 0 N–H and O–H groups in total. The van der Waals surface area contributed by atoms with Crippen LogP contribution in [-0.2, 0) is 11.2 Å². The molecule has 2 aromatic heterocycles. The van der Waals surface area contributed by atoms with Gasteiger partial charge in [0.25, 0.3) is 0 Å². The third kappa shape index (κ3) is 3.62. The van der Waals surface area contributed by atoms with Crippen LogP contribution < -0.4 is 4.90 Å². The topological polar surface area (TPSA) is 39.7 Å². The molecular formula is C20H26N4OS. The molecular weight excluding hydrogens is 344 g/mol. The maximum Gasteiger partial charge on any atom is 0.223 e. The lowest BCUT2D eigenvalue weighted by atomic mass is 10.0. The molecule has 2 aliphatic heterocycles. The number of carbonyl (C=O) groups is 1. The fourth-order valence-electron chi connectivity index (χ4n) is 3.99. The molecule has 138 valence electrons. The minimum Gasteiger partial charge on any atom is -0.353 e. The molecule has 26 heavy (non-hydrogen) atoms. The lowest BCUT2D eigenvalue weighted by Gasteiger charge is -2.37. The SMILES string of the molecule is CC1c2ccsc2CCN1CCC(=O)N1CCN(c2ccccn2)CC1. The summed E-state index contributed by atoms with van der Waals surface area (Å²) < 4.78 is 0. The van der Waals surface area contributed by atoms with Crippen molar-refractivity contribution in [2.45, 2.75) is 25.8 Å². The first-order valence-corrected chi connectivity index (χ1v) is 10.3. The fourth-order valence-corrected chi connectivity index (χ4v) is 4.95. The van der Waals surface area contributed by atoms with Crippen molar-refractivity contribution in [2.24, 2.45) is 0 Å². The van der Waals surface area contributed by atoms with Crippen molar-refractivity contribution in [1.82, 2.24) is 14.8 Å². The van der Waals surface area contributed by atoms with Gasteiger partial charge in [-0.2, -0.15) is 0 Å². The van der Waals surface area contributed by atoms with Gasteiger partial charge in [-0.3, -0.25) is 9.69 Å². The Bertz CT molecular complexity index is 739. The molecule has 0 spiro atoms. The van der Waals surface area contributed by atoms with Crippen molar-refractivity contribution in [3.63, 3.8) is 0 Å². The third-order valence-corrected chi connectivity index (χ3v) is 6.62. The van der Waals surface area contributed by atoms with E-state index in [-0.39, 0.29) is 5.91 Å². The molecule has 0 aromatic carbocycles. The standard InChI is InChI=1S/C20H26N4OS/c1-16-17-7-15-26-18(17)5-9-22(16)10-6-20(25)24-13-11-23(12-14-24)19-4-2-3-8-21-19/h2-4,7-8,15-16H,5-6,9-14H2,1H3. The van der Waals surface area contributed by atoms with Crippen LogP contribution in [0.1, 0.15) is 29.8 Å². The summed E-state index contributed by atoms with van der Waals surface area (Å²) >= 11 is 1.87. The normalized spacial score (nSPS) is 20.9. The number of fused-ring (bicyclic) bond motifs is 1. The number of piperazine rings is 1. The first-order valence-electron chi connectivity index (χ1n) is 9.46. The van der Waals surface area contributed by atoms with Crippen LogP contribution in [0.3, 0.4) is 0 Å². The average Bonchev–Trinajstić information content (AvgIpc) is 3.18. The summed E-state index contributed by atoms with van der Waals surface area (Å²) in [4.78, 5) is 25.3. The zero-order valence-corrected chi connectivity index (χ0v) is 16.1. The molecule has 1 amide bonds. The molecule has 1 unspecified atom stereocenters. The van der Waals surface area contributed by atoms with E-state index in [1.54, 1.807) is 0 Å². The summed E-state index contributed by atoms with van der Waals surface area (Å²) in [6.45, 7) is 7.49. The van der Waals surface area contributed by atoms with Gasteiger partial charge in [-0.05, 0) is 42.5 Å². The Morgan fingerprint density at radius 1 is 1.19 bits per heavy atom. The fraction of sp³-hybridized carbons (Fsp3) is 0.500. The Morgan fingerprint density at radius 3 is 2.81 bits per heavy atom. The molecule has 1 saturated heterocycles. The molecule has 2 aromatic rings. The zero-order chi connectivity index (χ0) is 17.9. The molecule has 1 fully saturated rings. The van der Waals surface area contributed by atoms with Crippen LogP contribution in [-0.4, -0.2) is 60.0 Å². The summed E-state index contributed by atoms with van der Waals surface area (Å²) in [7, 11) is 0. The van der Waals surface area contributed by atoms with Crippen LogP contribution in [0.15, 0.2) is 35.8 Å². The summed E-state index contributed by atoms with van der Waals surface area (Å²) in [6.07, 6.45) is 3.56. The average molecular weight is 371 g/mol. The van der Waals surface area contributed by atoms with E-state index in [1.807, 2.05) is 40.6 Å². The molecule has 0 radical (unpaired) electrons. The van der Waals surface area contributed by atoms with E-state index < -0.39 is 0 Å². The van der Waals surface area contributed by atoms with Gasteiger partial charge >= 0.3 is 0 Å². The Hall–Kier alpha value is -1.92. The zero-order valence-electron chi connectivity index (χ0n) is 15.3. The molecule has 6 heteroatoms. The Morgan fingerprint density at radius 2 is 2.04 bits per heavy atom. The lowest BCUT2D eigenvalue weighted by molar-refractivity contribution is -0.132. The van der Waals surface area contributed by atoms with Crippen LogP contribution >= 0.6 is 11.3 Å². The summed E-state index contributed by atoms with van der Waals surface area (Å²) in [5.41, 5.74) is 1.46. The highest BCUT2D eigenvalue weighted by Crippen LogP contribution is 2.32. The highest BCUT2D eigenvalue weighted by molar-refractivity contribution is 7.10. The maximum atomic E-state index is 12.7. The Kier molecular flexibility index (Phi) is 5.22. The van der Waals surface area contributed by atoms with Gasteiger partial charge in [-0.1, -0.05) is 6.07 Å². The minimum atomic E-state index is 0.286. The van der Waals surface area contributed by atoms with E-state index in [9.17, 15) is 4.79 Å². The van der Waals surface area contributed by atoms with E-state index in [0.29, 0.717) is 12.5 Å². The molecule has 4 heterocycles. The van der Waals surface area contributed by atoms with Crippen molar-refractivity contribution in [3.8, 4) is 0 Å². The molecule has 0 saturated carbocycles.